The molecule has 0 fully saturated rings. The fourth-order valence-corrected chi connectivity index (χ4v) is 1.78. The van der Waals surface area contributed by atoms with Gasteiger partial charge in [-0.25, -0.2) is 9.18 Å². The van der Waals surface area contributed by atoms with Crippen LogP contribution in [0.2, 0.25) is 5.02 Å². The van der Waals surface area contributed by atoms with E-state index in [9.17, 15) is 9.18 Å². The van der Waals surface area contributed by atoms with Gasteiger partial charge in [-0.1, -0.05) is 29.8 Å². The Hall–Kier alpha value is -2.07. The number of urea groups is 1. The van der Waals surface area contributed by atoms with Crippen molar-refractivity contribution in [3.05, 3.63) is 64.9 Å². The van der Waals surface area contributed by atoms with Crippen LogP contribution in [-0.4, -0.2) is 6.03 Å². The Labute approximate surface area is 115 Å². The van der Waals surface area contributed by atoms with E-state index in [-0.39, 0.29) is 0 Å². The molecule has 0 heterocycles. The van der Waals surface area contributed by atoms with Gasteiger partial charge in [0.05, 0.1) is 0 Å². The summed E-state index contributed by atoms with van der Waals surface area (Å²) in [7, 11) is 0. The monoisotopic (exact) mass is 278 g/mol. The molecular weight excluding hydrogens is 267 g/mol. The second kappa shape index (κ2) is 6.20. The van der Waals surface area contributed by atoms with Gasteiger partial charge in [-0.2, -0.15) is 0 Å². The molecule has 0 unspecified atom stereocenters. The number of hydrogen-bond donors (Lipinski definition) is 2. The van der Waals surface area contributed by atoms with E-state index in [1.54, 1.807) is 18.2 Å². The van der Waals surface area contributed by atoms with Crippen LogP contribution in [0.5, 0.6) is 0 Å². The van der Waals surface area contributed by atoms with Gasteiger partial charge in [0.15, 0.2) is 0 Å². The first-order valence-corrected chi connectivity index (χ1v) is 6.06. The molecule has 3 nitrogen and oxygen atoms in total. The fourth-order valence-electron chi connectivity index (χ4n) is 1.57. The highest BCUT2D eigenvalue weighted by Gasteiger charge is 2.02. The molecule has 0 atom stereocenters. The fraction of sp³-hybridized carbons (Fsp3) is 0.0714. The van der Waals surface area contributed by atoms with Crippen LogP contribution in [0, 0.1) is 5.82 Å². The maximum absolute atomic E-state index is 12.9. The molecule has 0 bridgehead atoms. The number of carbonyl (C=O) groups is 1. The van der Waals surface area contributed by atoms with E-state index < -0.39 is 11.8 Å². The zero-order valence-corrected chi connectivity index (χ0v) is 10.7. The van der Waals surface area contributed by atoms with E-state index in [1.165, 1.54) is 18.2 Å². The van der Waals surface area contributed by atoms with Crippen LogP contribution in [0.15, 0.2) is 48.5 Å². The predicted octanol–water partition coefficient (Wildman–Crippen LogP) is 3.80. The Balaban J connectivity index is 1.88. The number of rotatable bonds is 3. The zero-order chi connectivity index (χ0) is 13.7. The average molecular weight is 279 g/mol. The first kappa shape index (κ1) is 13.4. The number of benzene rings is 2. The van der Waals surface area contributed by atoms with Gasteiger partial charge in [-0.3, -0.25) is 0 Å². The average Bonchev–Trinajstić information content (AvgIpc) is 2.36. The van der Waals surface area contributed by atoms with Crippen molar-refractivity contribution in [3.8, 4) is 0 Å². The van der Waals surface area contributed by atoms with Crippen LogP contribution in [0.3, 0.4) is 0 Å². The summed E-state index contributed by atoms with van der Waals surface area (Å²) in [6.45, 7) is 0.349. The number of anilines is 1. The number of amides is 2. The van der Waals surface area contributed by atoms with Gasteiger partial charge in [-0.15, -0.1) is 0 Å². The van der Waals surface area contributed by atoms with Gasteiger partial charge in [0.1, 0.15) is 5.82 Å². The summed E-state index contributed by atoms with van der Waals surface area (Å²) in [4.78, 5) is 11.6. The Kier molecular flexibility index (Phi) is 4.36. The molecule has 2 N–H and O–H groups in total. The summed E-state index contributed by atoms with van der Waals surface area (Å²) in [5.41, 5.74) is 1.30. The molecule has 0 aliphatic heterocycles. The van der Waals surface area contributed by atoms with Crippen molar-refractivity contribution in [1.29, 1.82) is 0 Å². The quantitative estimate of drug-likeness (QED) is 0.881. The molecule has 98 valence electrons. The summed E-state index contributed by atoms with van der Waals surface area (Å²) in [5, 5.41) is 5.82. The van der Waals surface area contributed by atoms with E-state index in [0.717, 1.165) is 5.56 Å². The molecule has 0 radical (unpaired) electrons. The number of halogens is 2. The molecule has 2 aromatic rings. The van der Waals surface area contributed by atoms with Crippen molar-refractivity contribution < 1.29 is 9.18 Å². The van der Waals surface area contributed by atoms with E-state index in [4.69, 9.17) is 11.6 Å². The molecule has 0 saturated carbocycles. The summed E-state index contributed by atoms with van der Waals surface area (Å²) >= 11 is 5.84. The first-order valence-electron chi connectivity index (χ1n) is 5.68. The highest BCUT2D eigenvalue weighted by atomic mass is 35.5. The number of hydrogen-bond acceptors (Lipinski definition) is 1. The lowest BCUT2D eigenvalue weighted by Crippen LogP contribution is -2.28. The van der Waals surface area contributed by atoms with Crippen molar-refractivity contribution in [2.45, 2.75) is 6.54 Å². The lowest BCUT2D eigenvalue weighted by molar-refractivity contribution is 0.251. The minimum absolute atomic E-state index is 0.349. The van der Waals surface area contributed by atoms with Gasteiger partial charge < -0.3 is 10.6 Å². The van der Waals surface area contributed by atoms with E-state index in [1.807, 2.05) is 12.1 Å². The van der Waals surface area contributed by atoms with Crippen LogP contribution in [0.25, 0.3) is 0 Å². The van der Waals surface area contributed by atoms with Crippen LogP contribution in [0.4, 0.5) is 14.9 Å². The van der Waals surface area contributed by atoms with E-state index in [2.05, 4.69) is 10.6 Å². The molecule has 0 aliphatic carbocycles. The zero-order valence-electron chi connectivity index (χ0n) is 9.99. The Bertz CT molecular complexity index is 589. The minimum Gasteiger partial charge on any atom is -0.334 e. The van der Waals surface area contributed by atoms with Crippen LogP contribution in [0.1, 0.15) is 5.56 Å². The third kappa shape index (κ3) is 4.26. The minimum atomic E-state index is -0.398. The smallest absolute Gasteiger partial charge is 0.319 e. The molecule has 0 saturated heterocycles. The topological polar surface area (TPSA) is 41.1 Å². The van der Waals surface area contributed by atoms with E-state index in [0.29, 0.717) is 17.3 Å². The molecule has 5 heteroatoms. The third-order valence-electron chi connectivity index (χ3n) is 2.42. The van der Waals surface area contributed by atoms with Gasteiger partial charge in [0.25, 0.3) is 0 Å². The number of nitrogens with one attached hydrogen (secondary N) is 2. The highest BCUT2D eigenvalue weighted by Crippen LogP contribution is 2.11. The van der Waals surface area contributed by atoms with Crippen LogP contribution >= 0.6 is 11.6 Å². The Morgan fingerprint density at radius 3 is 2.68 bits per heavy atom. The summed E-state index contributed by atoms with van der Waals surface area (Å²) < 4.78 is 12.9. The molecule has 0 aliphatic rings. The molecule has 2 rings (SSSR count). The summed E-state index contributed by atoms with van der Waals surface area (Å²) in [5.74, 6) is -0.396. The van der Waals surface area contributed by atoms with Crippen molar-refractivity contribution in [2.75, 3.05) is 5.32 Å². The standard InChI is InChI=1S/C14H12ClFN2O/c15-11-4-1-3-10(7-11)9-17-14(19)18-13-6-2-5-12(16)8-13/h1-8H,9H2,(H2,17,18,19). The Morgan fingerprint density at radius 2 is 1.95 bits per heavy atom. The maximum atomic E-state index is 12.9. The van der Waals surface area contributed by atoms with Gasteiger partial charge in [0.2, 0.25) is 0 Å². The lowest BCUT2D eigenvalue weighted by atomic mass is 10.2. The van der Waals surface area contributed by atoms with Gasteiger partial charge in [-0.05, 0) is 35.9 Å². The normalized spacial score (nSPS) is 10.0. The molecule has 19 heavy (non-hydrogen) atoms. The van der Waals surface area contributed by atoms with Crippen molar-refractivity contribution in [1.82, 2.24) is 5.32 Å². The van der Waals surface area contributed by atoms with Crippen LogP contribution in [-0.2, 0) is 6.54 Å². The summed E-state index contributed by atoms with van der Waals surface area (Å²) in [6.07, 6.45) is 0. The lowest BCUT2D eigenvalue weighted by Gasteiger charge is -2.08. The van der Waals surface area contributed by atoms with Crippen LogP contribution < -0.4 is 10.6 Å². The second-order valence-electron chi connectivity index (χ2n) is 3.95. The molecule has 0 spiro atoms. The van der Waals surface area contributed by atoms with Gasteiger partial charge >= 0.3 is 6.03 Å². The van der Waals surface area contributed by atoms with E-state index >= 15 is 0 Å². The van der Waals surface area contributed by atoms with Crippen molar-refractivity contribution in [3.63, 3.8) is 0 Å². The third-order valence-corrected chi connectivity index (χ3v) is 2.66. The largest absolute Gasteiger partial charge is 0.334 e. The molecule has 0 aromatic heterocycles. The molecular formula is C14H12ClFN2O. The summed E-state index contributed by atoms with van der Waals surface area (Å²) in [6, 6.07) is 12.5. The molecule has 2 aromatic carbocycles. The SMILES string of the molecule is O=C(NCc1cccc(Cl)c1)Nc1cccc(F)c1. The van der Waals surface area contributed by atoms with Crippen molar-refractivity contribution >= 4 is 23.3 Å². The number of carbonyl (C=O) groups excluding carboxylic acids is 1. The second-order valence-corrected chi connectivity index (χ2v) is 4.38. The molecule has 2 amide bonds. The maximum Gasteiger partial charge on any atom is 0.319 e. The highest BCUT2D eigenvalue weighted by molar-refractivity contribution is 6.30. The van der Waals surface area contributed by atoms with Gasteiger partial charge in [0, 0.05) is 17.3 Å². The Morgan fingerprint density at radius 1 is 1.16 bits per heavy atom. The first-order chi connectivity index (χ1) is 9.13. The predicted molar refractivity (Wildman–Crippen MR) is 73.7 cm³/mol. The van der Waals surface area contributed by atoms with Crippen molar-refractivity contribution in [2.24, 2.45) is 0 Å².